The van der Waals surface area contributed by atoms with Crippen LogP contribution >= 0.6 is 0 Å². The maximum atomic E-state index is 5.17. The van der Waals surface area contributed by atoms with Crippen molar-refractivity contribution in [3.05, 3.63) is 6.92 Å². The van der Waals surface area contributed by atoms with Crippen LogP contribution in [0.3, 0.4) is 0 Å². The van der Waals surface area contributed by atoms with Crippen LogP contribution in [0.4, 0.5) is 0 Å². The van der Waals surface area contributed by atoms with Crippen LogP contribution in [-0.2, 0) is 4.74 Å². The Bertz CT molecular complexity index is 68.5. The highest BCUT2D eigenvalue weighted by atomic mass is 16.5. The summed E-state index contributed by atoms with van der Waals surface area (Å²) in [7, 11) is 0. The summed E-state index contributed by atoms with van der Waals surface area (Å²) in [5.74, 6) is 0. The molecule has 1 rings (SSSR count). The summed E-state index contributed by atoms with van der Waals surface area (Å²) < 4.78 is 5.17. The largest absolute Gasteiger partial charge is 0.381 e. The summed E-state index contributed by atoms with van der Waals surface area (Å²) in [5.41, 5.74) is 0.304. The Morgan fingerprint density at radius 1 is 1.38 bits per heavy atom. The van der Waals surface area contributed by atoms with Gasteiger partial charge in [-0.3, -0.25) is 0 Å². The second kappa shape index (κ2) is 2.06. The molecule has 1 heterocycles. The zero-order valence-corrected chi connectivity index (χ0v) is 5.44. The van der Waals surface area contributed by atoms with Gasteiger partial charge in [-0.15, -0.1) is 0 Å². The lowest BCUT2D eigenvalue weighted by Crippen LogP contribution is -2.23. The molecule has 1 nitrogen and oxygen atoms in total. The van der Waals surface area contributed by atoms with Gasteiger partial charge in [-0.2, -0.15) is 0 Å². The Hall–Kier alpha value is -0.0400. The summed E-state index contributed by atoms with van der Waals surface area (Å²) >= 11 is 0. The van der Waals surface area contributed by atoms with Crippen molar-refractivity contribution >= 4 is 0 Å². The third-order valence-electron chi connectivity index (χ3n) is 1.70. The predicted molar refractivity (Wildman–Crippen MR) is 33.5 cm³/mol. The van der Waals surface area contributed by atoms with Crippen LogP contribution in [0.25, 0.3) is 0 Å². The van der Waals surface area contributed by atoms with Gasteiger partial charge >= 0.3 is 0 Å². The number of hydrogen-bond acceptors (Lipinski definition) is 1. The minimum Gasteiger partial charge on any atom is -0.381 e. The van der Waals surface area contributed by atoms with E-state index in [4.69, 9.17) is 4.74 Å². The van der Waals surface area contributed by atoms with E-state index in [9.17, 15) is 0 Å². The van der Waals surface area contributed by atoms with Gasteiger partial charge < -0.3 is 4.74 Å². The first-order valence-corrected chi connectivity index (χ1v) is 3.14. The highest BCUT2D eigenvalue weighted by Crippen LogP contribution is 2.27. The van der Waals surface area contributed by atoms with E-state index in [1.807, 2.05) is 0 Å². The van der Waals surface area contributed by atoms with Gasteiger partial charge in [0.05, 0.1) is 0 Å². The second-order valence-electron chi connectivity index (χ2n) is 2.92. The molecule has 1 aliphatic heterocycles. The second-order valence-corrected chi connectivity index (χ2v) is 2.92. The molecule has 0 saturated carbocycles. The molecule has 1 saturated heterocycles. The maximum Gasteiger partial charge on any atom is 0.0471 e. The number of hydrogen-bond donors (Lipinski definition) is 0. The van der Waals surface area contributed by atoms with E-state index < -0.39 is 0 Å². The first kappa shape index (κ1) is 6.09. The molecular weight excluding hydrogens is 100 g/mol. The predicted octanol–water partition coefficient (Wildman–Crippen LogP) is 1.64. The highest BCUT2D eigenvalue weighted by molar-refractivity contribution is 4.78. The van der Waals surface area contributed by atoms with E-state index >= 15 is 0 Å². The van der Waals surface area contributed by atoms with Crippen molar-refractivity contribution in [2.45, 2.75) is 19.8 Å². The van der Waals surface area contributed by atoms with E-state index in [0.717, 1.165) is 26.1 Å². The van der Waals surface area contributed by atoms with E-state index in [-0.39, 0.29) is 0 Å². The molecule has 47 valence electrons. The van der Waals surface area contributed by atoms with E-state index in [1.54, 1.807) is 0 Å². The lowest BCUT2D eigenvalue weighted by atomic mass is 9.85. The third kappa shape index (κ3) is 1.48. The summed E-state index contributed by atoms with van der Waals surface area (Å²) in [4.78, 5) is 0. The van der Waals surface area contributed by atoms with Crippen LogP contribution in [0.5, 0.6) is 0 Å². The Labute approximate surface area is 51.0 Å². The van der Waals surface area contributed by atoms with Gasteiger partial charge in [0.2, 0.25) is 0 Å². The summed E-state index contributed by atoms with van der Waals surface area (Å²) in [6, 6.07) is 0. The van der Waals surface area contributed by atoms with Crippen molar-refractivity contribution in [1.82, 2.24) is 0 Å². The molecular formula is C7H13O. The Morgan fingerprint density at radius 3 is 2.12 bits per heavy atom. The van der Waals surface area contributed by atoms with Crippen LogP contribution in [0.15, 0.2) is 0 Å². The number of rotatable bonds is 0. The summed E-state index contributed by atoms with van der Waals surface area (Å²) in [5, 5.41) is 0. The molecule has 1 radical (unpaired) electrons. The molecule has 1 heteroatoms. The normalized spacial score (nSPS) is 27.8. The average Bonchev–Trinajstić information content (AvgIpc) is 1.65. The van der Waals surface area contributed by atoms with Crippen molar-refractivity contribution in [3.63, 3.8) is 0 Å². The molecule has 0 amide bonds. The molecule has 0 atom stereocenters. The molecule has 0 aromatic heterocycles. The maximum absolute atomic E-state index is 5.17. The first-order chi connectivity index (χ1) is 3.71. The van der Waals surface area contributed by atoms with Crippen LogP contribution in [-0.4, -0.2) is 13.2 Å². The standard InChI is InChI=1S/C7H13O/c1-7(2)3-5-8-6-4-7/h1,3-6H2,2H3. The average molecular weight is 113 g/mol. The van der Waals surface area contributed by atoms with E-state index in [0.29, 0.717) is 5.41 Å². The molecule has 1 fully saturated rings. The third-order valence-corrected chi connectivity index (χ3v) is 1.70. The molecule has 0 aliphatic carbocycles. The van der Waals surface area contributed by atoms with E-state index in [2.05, 4.69) is 13.8 Å². The zero-order valence-electron chi connectivity index (χ0n) is 5.44. The molecule has 0 spiro atoms. The van der Waals surface area contributed by atoms with Crippen molar-refractivity contribution in [3.8, 4) is 0 Å². The fourth-order valence-corrected chi connectivity index (χ4v) is 0.864. The monoisotopic (exact) mass is 113 g/mol. The molecule has 1 aliphatic rings. The molecule has 0 bridgehead atoms. The highest BCUT2D eigenvalue weighted by Gasteiger charge is 2.20. The molecule has 0 aromatic carbocycles. The van der Waals surface area contributed by atoms with Gasteiger partial charge in [0, 0.05) is 13.2 Å². The van der Waals surface area contributed by atoms with Crippen LogP contribution < -0.4 is 0 Å². The lowest BCUT2D eigenvalue weighted by molar-refractivity contribution is 0.0438. The van der Waals surface area contributed by atoms with Gasteiger partial charge in [0.1, 0.15) is 0 Å². The van der Waals surface area contributed by atoms with Crippen LogP contribution in [0, 0.1) is 12.3 Å². The Balaban J connectivity index is 2.33. The van der Waals surface area contributed by atoms with Gasteiger partial charge in [0.25, 0.3) is 0 Å². The van der Waals surface area contributed by atoms with Crippen LogP contribution in [0.1, 0.15) is 19.8 Å². The fraction of sp³-hybridized carbons (Fsp3) is 0.857. The molecule has 8 heavy (non-hydrogen) atoms. The van der Waals surface area contributed by atoms with Gasteiger partial charge in [-0.1, -0.05) is 6.92 Å². The van der Waals surface area contributed by atoms with Crippen molar-refractivity contribution in [2.24, 2.45) is 5.41 Å². The van der Waals surface area contributed by atoms with Crippen LogP contribution in [0.2, 0.25) is 0 Å². The molecule has 0 aromatic rings. The quantitative estimate of drug-likeness (QED) is 0.464. The van der Waals surface area contributed by atoms with Gasteiger partial charge in [0.15, 0.2) is 0 Å². The zero-order chi connectivity index (χ0) is 6.04. The van der Waals surface area contributed by atoms with Crippen molar-refractivity contribution in [2.75, 3.05) is 13.2 Å². The Morgan fingerprint density at radius 2 is 1.88 bits per heavy atom. The smallest absolute Gasteiger partial charge is 0.0471 e. The summed E-state index contributed by atoms with van der Waals surface area (Å²) in [6.07, 6.45) is 2.24. The Kier molecular flexibility index (Phi) is 1.57. The first-order valence-electron chi connectivity index (χ1n) is 3.14. The number of ether oxygens (including phenoxy) is 1. The minimum absolute atomic E-state index is 0.304. The summed E-state index contributed by atoms with van der Waals surface area (Å²) in [6.45, 7) is 8.04. The lowest BCUT2D eigenvalue weighted by Gasteiger charge is -2.28. The van der Waals surface area contributed by atoms with E-state index in [1.165, 1.54) is 0 Å². The fourth-order valence-electron chi connectivity index (χ4n) is 0.864. The van der Waals surface area contributed by atoms with Gasteiger partial charge in [-0.25, -0.2) is 0 Å². The topological polar surface area (TPSA) is 9.23 Å². The molecule has 0 N–H and O–H groups in total. The van der Waals surface area contributed by atoms with Crippen molar-refractivity contribution < 1.29 is 4.74 Å². The SMILES string of the molecule is [CH2]C1(C)CCOCC1. The van der Waals surface area contributed by atoms with Gasteiger partial charge in [-0.05, 0) is 25.2 Å². The van der Waals surface area contributed by atoms with Crippen molar-refractivity contribution in [1.29, 1.82) is 0 Å². The minimum atomic E-state index is 0.304. The molecule has 0 unspecified atom stereocenters.